The molecule has 112 valence electrons. The Morgan fingerprint density at radius 2 is 2.14 bits per heavy atom. The molecule has 1 aromatic rings. The number of piperazine rings is 2. The highest BCUT2D eigenvalue weighted by Crippen LogP contribution is 2.23. The minimum absolute atomic E-state index is 0.0143. The average Bonchev–Trinajstić information content (AvgIpc) is 2.48. The fourth-order valence-corrected chi connectivity index (χ4v) is 3.02. The van der Waals surface area contributed by atoms with Gasteiger partial charge in [0.25, 0.3) is 0 Å². The molecule has 1 unspecified atom stereocenters. The summed E-state index contributed by atoms with van der Waals surface area (Å²) in [4.78, 5) is 27.2. The molecule has 2 aliphatic heterocycles. The maximum atomic E-state index is 13.8. The van der Waals surface area contributed by atoms with Gasteiger partial charge in [0.05, 0.1) is 12.6 Å². The molecule has 2 heterocycles. The molecule has 2 amide bonds. The molecule has 0 bridgehead atoms. The maximum Gasteiger partial charge on any atom is 0.312 e. The Morgan fingerprint density at radius 1 is 1.33 bits per heavy atom. The van der Waals surface area contributed by atoms with E-state index in [1.807, 2.05) is 0 Å². The van der Waals surface area contributed by atoms with E-state index in [9.17, 15) is 14.0 Å². The second-order valence-corrected chi connectivity index (χ2v) is 5.65. The molecular formula is C14H15ClFN3O2. The van der Waals surface area contributed by atoms with E-state index in [-0.39, 0.29) is 23.2 Å². The molecule has 2 saturated heterocycles. The van der Waals surface area contributed by atoms with Gasteiger partial charge in [-0.2, -0.15) is 0 Å². The number of nitrogens with one attached hydrogen (secondary N) is 1. The van der Waals surface area contributed by atoms with E-state index in [0.717, 1.165) is 0 Å². The molecule has 21 heavy (non-hydrogen) atoms. The van der Waals surface area contributed by atoms with Crippen molar-refractivity contribution in [1.82, 2.24) is 15.1 Å². The maximum absolute atomic E-state index is 13.8. The number of amides is 2. The van der Waals surface area contributed by atoms with Gasteiger partial charge in [-0.15, -0.1) is 0 Å². The monoisotopic (exact) mass is 311 g/mol. The predicted molar refractivity (Wildman–Crippen MR) is 75.2 cm³/mol. The van der Waals surface area contributed by atoms with Crippen molar-refractivity contribution in [2.75, 3.05) is 26.2 Å². The third-order valence-electron chi connectivity index (χ3n) is 3.92. The highest BCUT2D eigenvalue weighted by molar-refractivity contribution is 6.35. The summed E-state index contributed by atoms with van der Waals surface area (Å²) in [6, 6.07) is 4.32. The van der Waals surface area contributed by atoms with Gasteiger partial charge in [0.15, 0.2) is 0 Å². The van der Waals surface area contributed by atoms with Crippen LogP contribution in [0.4, 0.5) is 4.39 Å². The zero-order chi connectivity index (χ0) is 15.0. The number of hydrogen-bond acceptors (Lipinski definition) is 3. The zero-order valence-electron chi connectivity index (χ0n) is 11.3. The summed E-state index contributed by atoms with van der Waals surface area (Å²) in [5.74, 6) is -1.57. The summed E-state index contributed by atoms with van der Waals surface area (Å²) >= 11 is 5.98. The second-order valence-electron chi connectivity index (χ2n) is 5.24. The van der Waals surface area contributed by atoms with Gasteiger partial charge in [-0.25, -0.2) is 4.39 Å². The number of rotatable bonds is 2. The topological polar surface area (TPSA) is 52.7 Å². The van der Waals surface area contributed by atoms with Gasteiger partial charge in [0.1, 0.15) is 5.82 Å². The highest BCUT2D eigenvalue weighted by Gasteiger charge is 2.40. The van der Waals surface area contributed by atoms with E-state index >= 15 is 0 Å². The number of hydrogen-bond donors (Lipinski definition) is 1. The molecule has 7 heteroatoms. The Labute approximate surface area is 126 Å². The van der Waals surface area contributed by atoms with Crippen LogP contribution >= 0.6 is 11.6 Å². The Hall–Kier alpha value is -1.66. The van der Waals surface area contributed by atoms with Crippen LogP contribution in [0.5, 0.6) is 0 Å². The van der Waals surface area contributed by atoms with E-state index in [2.05, 4.69) is 5.32 Å². The summed E-state index contributed by atoms with van der Waals surface area (Å²) < 4.78 is 13.8. The molecule has 0 spiro atoms. The molecule has 1 aromatic carbocycles. The minimum atomic E-state index is -0.590. The smallest absolute Gasteiger partial charge is 0.312 e. The van der Waals surface area contributed by atoms with Gasteiger partial charge in [0, 0.05) is 36.8 Å². The van der Waals surface area contributed by atoms with Gasteiger partial charge in [-0.3, -0.25) is 9.59 Å². The van der Waals surface area contributed by atoms with Crippen molar-refractivity contribution in [3.63, 3.8) is 0 Å². The third kappa shape index (κ3) is 2.61. The van der Waals surface area contributed by atoms with E-state index in [4.69, 9.17) is 11.6 Å². The molecule has 2 fully saturated rings. The van der Waals surface area contributed by atoms with Crippen molar-refractivity contribution in [2.24, 2.45) is 0 Å². The molecule has 1 N–H and O–H groups in total. The van der Waals surface area contributed by atoms with Crippen LogP contribution in [0.3, 0.4) is 0 Å². The standard InChI is InChI=1S/C14H15ClFN3O2/c15-11-2-1-3-12(16)10(11)8-18-7-9-6-17-4-5-19(9)14(21)13(18)20/h1-3,9,17H,4-8H2. The lowest BCUT2D eigenvalue weighted by atomic mass is 10.1. The Morgan fingerprint density at radius 3 is 2.90 bits per heavy atom. The molecular weight excluding hydrogens is 297 g/mol. The fourth-order valence-electron chi connectivity index (χ4n) is 2.80. The van der Waals surface area contributed by atoms with Crippen molar-refractivity contribution in [3.8, 4) is 0 Å². The first-order valence-corrected chi connectivity index (χ1v) is 7.19. The minimum Gasteiger partial charge on any atom is -0.328 e. The Balaban J connectivity index is 1.82. The van der Waals surface area contributed by atoms with E-state index in [1.165, 1.54) is 17.0 Å². The summed E-state index contributed by atoms with van der Waals surface area (Å²) in [5.41, 5.74) is 0.248. The molecule has 0 aromatic heterocycles. The van der Waals surface area contributed by atoms with Gasteiger partial charge < -0.3 is 15.1 Å². The van der Waals surface area contributed by atoms with Crippen LogP contribution in [-0.2, 0) is 16.1 Å². The SMILES string of the molecule is O=C1C(=O)N2CCNCC2CN1Cc1c(F)cccc1Cl. The molecule has 5 nitrogen and oxygen atoms in total. The first kappa shape index (κ1) is 14.3. The Kier molecular flexibility index (Phi) is 3.82. The van der Waals surface area contributed by atoms with E-state index in [0.29, 0.717) is 26.2 Å². The largest absolute Gasteiger partial charge is 0.328 e. The van der Waals surface area contributed by atoms with Crippen LogP contribution in [0.25, 0.3) is 0 Å². The first-order valence-electron chi connectivity index (χ1n) is 6.81. The number of fused-ring (bicyclic) bond motifs is 1. The lowest BCUT2D eigenvalue weighted by Gasteiger charge is -2.43. The van der Waals surface area contributed by atoms with Gasteiger partial charge in [0.2, 0.25) is 0 Å². The van der Waals surface area contributed by atoms with Crippen molar-refractivity contribution in [3.05, 3.63) is 34.6 Å². The lowest BCUT2D eigenvalue weighted by molar-refractivity contribution is -0.160. The van der Waals surface area contributed by atoms with Crippen LogP contribution < -0.4 is 5.32 Å². The van der Waals surface area contributed by atoms with E-state index < -0.39 is 17.6 Å². The number of halogens is 2. The Bertz CT molecular complexity index is 575. The van der Waals surface area contributed by atoms with Gasteiger partial charge >= 0.3 is 11.8 Å². The number of nitrogens with zero attached hydrogens (tertiary/aromatic N) is 2. The van der Waals surface area contributed by atoms with Gasteiger partial charge in [-0.1, -0.05) is 17.7 Å². The number of carbonyl (C=O) groups excluding carboxylic acids is 2. The number of carbonyl (C=O) groups is 2. The molecule has 2 aliphatic rings. The molecule has 1 atom stereocenters. The summed E-state index contributed by atoms with van der Waals surface area (Å²) in [6.07, 6.45) is 0. The highest BCUT2D eigenvalue weighted by atomic mass is 35.5. The summed E-state index contributed by atoms with van der Waals surface area (Å²) in [6.45, 7) is 2.27. The number of benzene rings is 1. The first-order chi connectivity index (χ1) is 10.1. The normalized spacial score (nSPS) is 22.5. The quantitative estimate of drug-likeness (QED) is 0.815. The van der Waals surface area contributed by atoms with E-state index in [1.54, 1.807) is 11.0 Å². The zero-order valence-corrected chi connectivity index (χ0v) is 12.1. The van der Waals surface area contributed by atoms with Crippen molar-refractivity contribution in [2.45, 2.75) is 12.6 Å². The van der Waals surface area contributed by atoms with Crippen molar-refractivity contribution >= 4 is 23.4 Å². The van der Waals surface area contributed by atoms with Gasteiger partial charge in [-0.05, 0) is 12.1 Å². The fraction of sp³-hybridized carbons (Fsp3) is 0.429. The predicted octanol–water partition coefficient (Wildman–Crippen LogP) is 0.622. The molecule has 3 rings (SSSR count). The summed E-state index contributed by atoms with van der Waals surface area (Å²) in [7, 11) is 0. The van der Waals surface area contributed by atoms with Crippen LogP contribution in [0.15, 0.2) is 18.2 Å². The average molecular weight is 312 g/mol. The van der Waals surface area contributed by atoms with Crippen molar-refractivity contribution < 1.29 is 14.0 Å². The second kappa shape index (κ2) is 5.61. The molecule has 0 aliphatic carbocycles. The van der Waals surface area contributed by atoms with Crippen LogP contribution in [-0.4, -0.2) is 53.8 Å². The van der Waals surface area contributed by atoms with Crippen LogP contribution in [0.1, 0.15) is 5.56 Å². The molecule has 0 radical (unpaired) electrons. The van der Waals surface area contributed by atoms with Crippen LogP contribution in [0, 0.1) is 5.82 Å². The lowest BCUT2D eigenvalue weighted by Crippen LogP contribution is -2.65. The summed E-state index contributed by atoms with van der Waals surface area (Å²) in [5, 5.41) is 3.46. The van der Waals surface area contributed by atoms with Crippen molar-refractivity contribution in [1.29, 1.82) is 0 Å². The molecule has 0 saturated carbocycles. The van der Waals surface area contributed by atoms with Crippen LogP contribution in [0.2, 0.25) is 5.02 Å². The third-order valence-corrected chi connectivity index (χ3v) is 4.28.